The minimum atomic E-state index is -4.94. The first-order valence-corrected chi connectivity index (χ1v) is 16.6. The highest BCUT2D eigenvalue weighted by Crippen LogP contribution is 2.40. The molecule has 2 amide bonds. The van der Waals surface area contributed by atoms with Crippen molar-refractivity contribution in [2.75, 3.05) is 23.3 Å². The van der Waals surface area contributed by atoms with Gasteiger partial charge < -0.3 is 25.0 Å². The van der Waals surface area contributed by atoms with Crippen molar-refractivity contribution in [3.8, 4) is 5.75 Å². The monoisotopic (exact) mass is 686 g/mol. The zero-order chi connectivity index (χ0) is 33.3. The van der Waals surface area contributed by atoms with Crippen LogP contribution in [-0.4, -0.2) is 62.1 Å². The Morgan fingerprint density at radius 3 is 2.09 bits per heavy atom. The molecule has 6 rings (SSSR count). The summed E-state index contributed by atoms with van der Waals surface area (Å²) in [5.74, 6) is -0.587. The van der Waals surface area contributed by atoms with Gasteiger partial charge in [0.15, 0.2) is 0 Å². The molecule has 1 fully saturated rings. The van der Waals surface area contributed by atoms with Crippen molar-refractivity contribution in [3.05, 3.63) is 113 Å². The lowest BCUT2D eigenvalue weighted by Crippen LogP contribution is -2.66. The fraction of sp³-hybridized carbons (Fsp3) is 0.242. The Hall–Kier alpha value is -4.30. The van der Waals surface area contributed by atoms with Crippen LogP contribution in [0.2, 0.25) is 5.02 Å². The third-order valence-corrected chi connectivity index (χ3v) is 9.91. The largest absolute Gasteiger partial charge is 0.573 e. The first-order valence-electron chi connectivity index (χ1n) is 14.7. The first-order chi connectivity index (χ1) is 22.4. The number of hydrogen-bond donors (Lipinski definition) is 3. The number of anilines is 3. The van der Waals surface area contributed by atoms with E-state index in [9.17, 15) is 31.5 Å². The van der Waals surface area contributed by atoms with Crippen LogP contribution in [0.3, 0.4) is 0 Å². The maximum Gasteiger partial charge on any atom is 0.573 e. The number of carbonyl (C=O) groups is 1. The number of halogens is 4. The number of piperidine rings is 1. The summed E-state index contributed by atoms with van der Waals surface area (Å²) in [6.45, 7) is -0.187. The second kappa shape index (κ2) is 13.1. The SMILES string of the molecule is O=C(Nc1cccc(Cl)c1)N1C[C@@H](NS(=O)(=O)c2ccc(OC(F)(F)F)cc2)[C@H](O)[C@@H](N2c3ccccc3CCc3ccccc32)C1. The van der Waals surface area contributed by atoms with Crippen LogP contribution in [-0.2, 0) is 22.9 Å². The van der Waals surface area contributed by atoms with E-state index < -0.39 is 46.4 Å². The number of ether oxygens (including phenoxy) is 1. The van der Waals surface area contributed by atoms with Crippen LogP contribution in [0, 0.1) is 0 Å². The van der Waals surface area contributed by atoms with Gasteiger partial charge in [-0.2, -0.15) is 0 Å². The highest BCUT2D eigenvalue weighted by Gasteiger charge is 2.44. The number of amides is 2. The molecule has 1 saturated heterocycles. The molecule has 4 aromatic carbocycles. The first kappa shape index (κ1) is 32.6. The van der Waals surface area contributed by atoms with Gasteiger partial charge in [0, 0.05) is 35.2 Å². The Bertz CT molecular complexity index is 1830. The van der Waals surface area contributed by atoms with Crippen LogP contribution in [0.1, 0.15) is 11.1 Å². The van der Waals surface area contributed by atoms with Gasteiger partial charge in [-0.25, -0.2) is 17.9 Å². The number of alkyl halides is 3. The molecule has 0 aromatic heterocycles. The molecule has 2 heterocycles. The van der Waals surface area contributed by atoms with Crippen molar-refractivity contribution in [2.45, 2.75) is 42.3 Å². The van der Waals surface area contributed by atoms with E-state index >= 15 is 0 Å². The summed E-state index contributed by atoms with van der Waals surface area (Å²) < 4.78 is 71.4. The zero-order valence-electron chi connectivity index (χ0n) is 24.7. The van der Waals surface area contributed by atoms with Crippen LogP contribution in [0.5, 0.6) is 5.75 Å². The Labute approximate surface area is 274 Å². The van der Waals surface area contributed by atoms with E-state index in [4.69, 9.17) is 11.6 Å². The molecule has 0 bridgehead atoms. The number of fused-ring (bicyclic) bond motifs is 2. The summed E-state index contributed by atoms with van der Waals surface area (Å²) in [7, 11) is -4.39. The number of likely N-dealkylation sites (tertiary alicyclic amines) is 1. The normalized spacial score (nSPS) is 19.7. The van der Waals surface area contributed by atoms with Crippen molar-refractivity contribution >= 4 is 44.7 Å². The Balaban J connectivity index is 1.36. The van der Waals surface area contributed by atoms with Crippen molar-refractivity contribution in [3.63, 3.8) is 0 Å². The average molecular weight is 687 g/mol. The van der Waals surface area contributed by atoms with Crippen LogP contribution in [0.15, 0.2) is 102 Å². The number of aryl methyl sites for hydroxylation is 2. The molecule has 0 saturated carbocycles. The average Bonchev–Trinajstić information content (AvgIpc) is 3.18. The second-order valence-corrected chi connectivity index (χ2v) is 13.4. The topological polar surface area (TPSA) is 111 Å². The van der Waals surface area contributed by atoms with E-state index in [0.717, 1.165) is 59.6 Å². The maximum absolute atomic E-state index is 13.7. The van der Waals surface area contributed by atoms with Gasteiger partial charge in [-0.1, -0.05) is 54.1 Å². The fourth-order valence-corrected chi connectivity index (χ4v) is 7.49. The van der Waals surface area contributed by atoms with Gasteiger partial charge in [-0.3, -0.25) is 0 Å². The molecule has 9 nitrogen and oxygen atoms in total. The molecule has 0 spiro atoms. The van der Waals surface area contributed by atoms with Gasteiger partial charge in [0.05, 0.1) is 23.1 Å². The molecule has 4 aromatic rings. The smallest absolute Gasteiger partial charge is 0.406 e. The van der Waals surface area contributed by atoms with Crippen LogP contribution in [0.4, 0.5) is 35.0 Å². The van der Waals surface area contributed by atoms with Gasteiger partial charge in [-0.05, 0) is 78.6 Å². The number of rotatable bonds is 6. The number of aliphatic hydroxyl groups excluding tert-OH is 1. The number of para-hydroxylation sites is 2. The number of urea groups is 1. The molecule has 47 heavy (non-hydrogen) atoms. The summed E-state index contributed by atoms with van der Waals surface area (Å²) in [6.07, 6.45) is -4.81. The number of benzene rings is 4. The predicted octanol–water partition coefficient (Wildman–Crippen LogP) is 6.10. The van der Waals surface area contributed by atoms with E-state index in [1.807, 2.05) is 53.4 Å². The minimum absolute atomic E-state index is 0.0257. The number of carbonyl (C=O) groups excluding carboxylic acids is 1. The van der Waals surface area contributed by atoms with E-state index in [1.165, 1.54) is 4.90 Å². The second-order valence-electron chi connectivity index (χ2n) is 11.3. The fourth-order valence-electron chi connectivity index (χ4n) is 6.06. The molecular formula is C33H30ClF3N4O5S. The summed E-state index contributed by atoms with van der Waals surface area (Å²) in [5.41, 5.74) is 4.11. The molecule has 246 valence electrons. The summed E-state index contributed by atoms with van der Waals surface area (Å²) in [4.78, 5) is 16.7. The molecule has 3 atom stereocenters. The van der Waals surface area contributed by atoms with E-state index in [1.54, 1.807) is 24.3 Å². The highest BCUT2D eigenvalue weighted by atomic mass is 35.5. The van der Waals surface area contributed by atoms with Crippen LogP contribution >= 0.6 is 11.6 Å². The van der Waals surface area contributed by atoms with Crippen molar-refractivity contribution in [2.24, 2.45) is 0 Å². The summed E-state index contributed by atoms with van der Waals surface area (Å²) in [5, 5.41) is 15.2. The van der Waals surface area contributed by atoms with E-state index in [0.29, 0.717) is 10.7 Å². The lowest BCUT2D eigenvalue weighted by Gasteiger charge is -2.47. The number of aliphatic hydroxyl groups is 1. The lowest BCUT2D eigenvalue weighted by molar-refractivity contribution is -0.274. The zero-order valence-corrected chi connectivity index (χ0v) is 26.3. The molecule has 0 unspecified atom stereocenters. The van der Waals surface area contributed by atoms with Gasteiger partial charge in [0.25, 0.3) is 0 Å². The predicted molar refractivity (Wildman–Crippen MR) is 172 cm³/mol. The third-order valence-electron chi connectivity index (χ3n) is 8.17. The number of hydrogen-bond acceptors (Lipinski definition) is 6. The Morgan fingerprint density at radius 1 is 0.872 bits per heavy atom. The molecule has 0 aliphatic carbocycles. The van der Waals surface area contributed by atoms with Gasteiger partial charge in [-0.15, -0.1) is 13.2 Å². The van der Waals surface area contributed by atoms with E-state index in [-0.39, 0.29) is 18.0 Å². The number of nitrogens with zero attached hydrogens (tertiary/aromatic N) is 2. The standard InChI is InChI=1S/C33H30ClF3N4O5S/c34-23-8-5-9-24(18-23)38-32(43)40-19-27(39-47(44,45)26-16-14-25(15-17-26)46-33(35,36)37)31(42)30(20-40)41-28-10-3-1-6-21(28)12-13-22-7-2-4-11-29(22)41/h1-11,14-18,27,30-31,39,42H,12-13,19-20H2,(H,38,43)/t27-,30+,31+/m1/s1. The Kier molecular flexibility index (Phi) is 9.07. The minimum Gasteiger partial charge on any atom is -0.406 e. The number of nitrogens with one attached hydrogen (secondary N) is 2. The van der Waals surface area contributed by atoms with Crippen molar-refractivity contribution < 1.29 is 36.2 Å². The number of sulfonamides is 1. The van der Waals surface area contributed by atoms with Gasteiger partial charge >= 0.3 is 12.4 Å². The quantitative estimate of drug-likeness (QED) is 0.226. The van der Waals surface area contributed by atoms with Gasteiger partial charge in [0.2, 0.25) is 10.0 Å². The van der Waals surface area contributed by atoms with E-state index in [2.05, 4.69) is 14.8 Å². The highest BCUT2D eigenvalue weighted by molar-refractivity contribution is 7.89. The van der Waals surface area contributed by atoms with Crippen molar-refractivity contribution in [1.82, 2.24) is 9.62 Å². The molecule has 2 aliphatic heterocycles. The van der Waals surface area contributed by atoms with Crippen LogP contribution < -0.4 is 19.7 Å². The molecule has 0 radical (unpaired) electrons. The lowest BCUT2D eigenvalue weighted by atomic mass is 9.94. The molecule has 14 heteroatoms. The third kappa shape index (κ3) is 7.33. The molecule has 3 N–H and O–H groups in total. The Morgan fingerprint density at radius 2 is 1.49 bits per heavy atom. The summed E-state index contributed by atoms with van der Waals surface area (Å²) in [6, 6.07) is 23.2. The maximum atomic E-state index is 13.7. The van der Waals surface area contributed by atoms with Crippen molar-refractivity contribution in [1.29, 1.82) is 0 Å². The summed E-state index contributed by atoms with van der Waals surface area (Å²) >= 11 is 6.12. The molecular weight excluding hydrogens is 657 g/mol. The van der Waals surface area contributed by atoms with Gasteiger partial charge in [0.1, 0.15) is 5.75 Å². The van der Waals surface area contributed by atoms with Crippen LogP contribution in [0.25, 0.3) is 0 Å². The molecule has 2 aliphatic rings.